The largest absolute Gasteiger partial charge is 0.481 e. The molecule has 0 unspecified atom stereocenters. The number of carboxylic acids is 1. The molecule has 24 heavy (non-hydrogen) atoms. The highest BCUT2D eigenvalue weighted by molar-refractivity contribution is 7.09. The number of nitrogens with zero attached hydrogens (tertiary/aromatic N) is 1. The fourth-order valence-corrected chi connectivity index (χ4v) is 3.23. The fourth-order valence-electron chi connectivity index (χ4n) is 2.43. The monoisotopic (exact) mass is 344 g/mol. The zero-order valence-electron chi connectivity index (χ0n) is 14.4. The van der Waals surface area contributed by atoms with E-state index in [0.717, 1.165) is 24.5 Å². The molecule has 1 aromatic carbocycles. The Morgan fingerprint density at radius 1 is 1.25 bits per heavy atom. The summed E-state index contributed by atoms with van der Waals surface area (Å²) in [6, 6.07) is 4.44. The van der Waals surface area contributed by atoms with Gasteiger partial charge in [0, 0.05) is 24.9 Å². The van der Waals surface area contributed by atoms with Crippen molar-refractivity contribution in [1.29, 1.82) is 0 Å². The second-order valence-electron chi connectivity index (χ2n) is 5.95. The van der Waals surface area contributed by atoms with Gasteiger partial charge < -0.3 is 10.4 Å². The first-order valence-corrected chi connectivity index (χ1v) is 8.94. The van der Waals surface area contributed by atoms with Crippen LogP contribution in [0.2, 0.25) is 0 Å². The van der Waals surface area contributed by atoms with E-state index in [1.165, 1.54) is 33.6 Å². The minimum Gasteiger partial charge on any atom is -0.481 e. The van der Waals surface area contributed by atoms with Gasteiger partial charge in [-0.25, -0.2) is 4.98 Å². The van der Waals surface area contributed by atoms with Crippen molar-refractivity contribution in [2.45, 2.75) is 33.6 Å². The van der Waals surface area contributed by atoms with Gasteiger partial charge in [-0.1, -0.05) is 24.3 Å². The van der Waals surface area contributed by atoms with Crippen molar-refractivity contribution in [3.05, 3.63) is 56.5 Å². The van der Waals surface area contributed by atoms with Crippen LogP contribution in [0.15, 0.2) is 23.6 Å². The highest BCUT2D eigenvalue weighted by Gasteiger charge is 2.05. The normalized spacial score (nSPS) is 11.3. The van der Waals surface area contributed by atoms with Crippen molar-refractivity contribution in [3.63, 3.8) is 0 Å². The molecule has 1 aromatic heterocycles. The number of rotatable bonds is 8. The average molecular weight is 344 g/mol. The van der Waals surface area contributed by atoms with Crippen LogP contribution >= 0.6 is 11.3 Å². The molecule has 0 aliphatic heterocycles. The standard InChI is InChI=1S/C19H24N2O2S/c1-13-9-15(3)16(10-14(13)2)5-4-7-20-8-6-18-21-17(12-24-18)11-19(22)23/h4-5,9-10,12,20H,6-8,11H2,1-3H3,(H,22,23)/b5-4+. The molecule has 4 nitrogen and oxygen atoms in total. The molecular weight excluding hydrogens is 320 g/mol. The van der Waals surface area contributed by atoms with E-state index in [0.29, 0.717) is 5.69 Å². The second kappa shape index (κ2) is 8.76. The van der Waals surface area contributed by atoms with Crippen LogP contribution in [0.4, 0.5) is 0 Å². The maximum absolute atomic E-state index is 10.6. The third-order valence-electron chi connectivity index (χ3n) is 3.89. The number of carboxylic acid groups (broad SMARTS) is 1. The molecule has 1 heterocycles. The zero-order chi connectivity index (χ0) is 17.5. The third kappa shape index (κ3) is 5.58. The number of aliphatic carboxylic acids is 1. The molecule has 0 spiro atoms. The Bertz CT molecular complexity index is 735. The van der Waals surface area contributed by atoms with Gasteiger partial charge in [-0.05, 0) is 43.0 Å². The van der Waals surface area contributed by atoms with Crippen LogP contribution in [-0.2, 0) is 17.6 Å². The number of benzene rings is 1. The maximum Gasteiger partial charge on any atom is 0.309 e. The van der Waals surface area contributed by atoms with Crippen molar-refractivity contribution in [3.8, 4) is 0 Å². The van der Waals surface area contributed by atoms with E-state index in [-0.39, 0.29) is 6.42 Å². The molecule has 2 N–H and O–H groups in total. The summed E-state index contributed by atoms with van der Waals surface area (Å²) < 4.78 is 0. The number of aryl methyl sites for hydroxylation is 3. The van der Waals surface area contributed by atoms with Crippen molar-refractivity contribution in [2.75, 3.05) is 13.1 Å². The maximum atomic E-state index is 10.6. The van der Waals surface area contributed by atoms with Gasteiger partial charge in [0.2, 0.25) is 0 Å². The number of hydrogen-bond donors (Lipinski definition) is 2. The summed E-state index contributed by atoms with van der Waals surface area (Å²) in [6.45, 7) is 8.04. The highest BCUT2D eigenvalue weighted by Crippen LogP contribution is 2.16. The van der Waals surface area contributed by atoms with Crippen LogP contribution in [0.5, 0.6) is 0 Å². The van der Waals surface area contributed by atoms with Crippen LogP contribution < -0.4 is 5.32 Å². The lowest BCUT2D eigenvalue weighted by atomic mass is 10.0. The first kappa shape index (κ1) is 18.4. The Morgan fingerprint density at radius 3 is 2.75 bits per heavy atom. The van der Waals surface area contributed by atoms with Crippen LogP contribution in [0.25, 0.3) is 6.08 Å². The number of thiazole rings is 1. The first-order chi connectivity index (χ1) is 11.5. The summed E-state index contributed by atoms with van der Waals surface area (Å²) in [7, 11) is 0. The molecule has 0 aliphatic rings. The van der Waals surface area contributed by atoms with E-state index < -0.39 is 5.97 Å². The SMILES string of the molecule is Cc1cc(C)c(/C=C/CNCCc2nc(CC(=O)O)cs2)cc1C. The van der Waals surface area contributed by atoms with Gasteiger partial charge in [0.1, 0.15) is 0 Å². The molecule has 2 rings (SSSR count). The van der Waals surface area contributed by atoms with E-state index in [1.54, 1.807) is 0 Å². The number of nitrogens with one attached hydrogen (secondary N) is 1. The Labute approximate surface area is 147 Å². The predicted octanol–water partition coefficient (Wildman–Crippen LogP) is 3.54. The van der Waals surface area contributed by atoms with E-state index in [9.17, 15) is 4.79 Å². The average Bonchev–Trinajstić information content (AvgIpc) is 2.94. The Hall–Kier alpha value is -1.98. The quantitative estimate of drug-likeness (QED) is 0.719. The first-order valence-electron chi connectivity index (χ1n) is 8.06. The lowest BCUT2D eigenvalue weighted by molar-refractivity contribution is -0.136. The molecular formula is C19H24N2O2S. The molecule has 0 atom stereocenters. The van der Waals surface area contributed by atoms with Gasteiger partial charge in [-0.15, -0.1) is 11.3 Å². The van der Waals surface area contributed by atoms with Gasteiger partial charge in [0.05, 0.1) is 17.1 Å². The summed E-state index contributed by atoms with van der Waals surface area (Å²) >= 11 is 1.52. The van der Waals surface area contributed by atoms with E-state index in [1.807, 2.05) is 5.38 Å². The Balaban J connectivity index is 1.74. The summed E-state index contributed by atoms with van der Waals surface area (Å²) in [5.41, 5.74) is 5.84. The number of hydrogen-bond acceptors (Lipinski definition) is 4. The lowest BCUT2D eigenvalue weighted by Crippen LogP contribution is -2.17. The predicted molar refractivity (Wildman–Crippen MR) is 99.7 cm³/mol. The smallest absolute Gasteiger partial charge is 0.309 e. The molecule has 5 heteroatoms. The molecule has 0 bridgehead atoms. The molecule has 0 saturated carbocycles. The van der Waals surface area contributed by atoms with E-state index in [4.69, 9.17) is 5.11 Å². The summed E-state index contributed by atoms with van der Waals surface area (Å²) in [6.07, 6.45) is 5.11. The van der Waals surface area contributed by atoms with Gasteiger partial charge in [-0.2, -0.15) is 0 Å². The van der Waals surface area contributed by atoms with Gasteiger partial charge in [0.25, 0.3) is 0 Å². The summed E-state index contributed by atoms with van der Waals surface area (Å²) in [4.78, 5) is 15.0. The van der Waals surface area contributed by atoms with Crippen LogP contribution in [0, 0.1) is 20.8 Å². The summed E-state index contributed by atoms with van der Waals surface area (Å²) in [5.74, 6) is -0.836. The summed E-state index contributed by atoms with van der Waals surface area (Å²) in [5, 5.41) is 14.9. The van der Waals surface area contributed by atoms with Crippen LogP contribution in [-0.4, -0.2) is 29.1 Å². The molecule has 0 radical (unpaired) electrons. The zero-order valence-corrected chi connectivity index (χ0v) is 15.2. The molecule has 0 amide bonds. The molecule has 0 aliphatic carbocycles. The van der Waals surface area contributed by atoms with Crippen molar-refractivity contribution < 1.29 is 9.90 Å². The van der Waals surface area contributed by atoms with Crippen molar-refractivity contribution in [2.24, 2.45) is 0 Å². The number of aromatic nitrogens is 1. The second-order valence-corrected chi connectivity index (χ2v) is 6.90. The van der Waals surface area contributed by atoms with E-state index >= 15 is 0 Å². The van der Waals surface area contributed by atoms with Crippen LogP contribution in [0.3, 0.4) is 0 Å². The Morgan fingerprint density at radius 2 is 2.00 bits per heavy atom. The molecule has 0 saturated heterocycles. The Kier molecular flexibility index (Phi) is 6.70. The van der Waals surface area contributed by atoms with Gasteiger partial charge >= 0.3 is 5.97 Å². The van der Waals surface area contributed by atoms with Crippen LogP contribution in [0.1, 0.15) is 33.0 Å². The lowest BCUT2D eigenvalue weighted by Gasteiger charge is -2.06. The highest BCUT2D eigenvalue weighted by atomic mass is 32.1. The fraction of sp³-hybridized carbons (Fsp3) is 0.368. The topological polar surface area (TPSA) is 62.2 Å². The van der Waals surface area contributed by atoms with Crippen molar-refractivity contribution >= 4 is 23.4 Å². The third-order valence-corrected chi connectivity index (χ3v) is 4.85. The molecule has 2 aromatic rings. The number of carbonyl (C=O) groups is 1. The van der Waals surface area contributed by atoms with E-state index in [2.05, 4.69) is 55.4 Å². The molecule has 0 fully saturated rings. The van der Waals surface area contributed by atoms with Gasteiger partial charge in [-0.3, -0.25) is 4.79 Å². The molecule has 128 valence electrons. The van der Waals surface area contributed by atoms with Crippen molar-refractivity contribution in [1.82, 2.24) is 10.3 Å². The minimum atomic E-state index is -0.836. The van der Waals surface area contributed by atoms with Gasteiger partial charge in [0.15, 0.2) is 0 Å². The minimum absolute atomic E-state index is 0.00197.